The Morgan fingerprint density at radius 2 is 0.645 bits per heavy atom. The number of unbranched alkanes of at least 4 members (excludes halogenated alkanes) is 23. The molecule has 0 atom stereocenters. The molecule has 0 spiro atoms. The Hall–Kier alpha value is -0.330. The van der Waals surface area contributed by atoms with E-state index in [1.807, 2.05) is 13.8 Å². The molecule has 31 heavy (non-hydrogen) atoms. The molecule has 0 bridgehead atoms. The molecule has 0 aliphatic carbocycles. The van der Waals surface area contributed by atoms with E-state index in [9.17, 15) is 4.79 Å². The molecule has 1 nitrogen and oxygen atoms in total. The lowest BCUT2D eigenvalue weighted by atomic mass is 10.0. The molecule has 0 N–H and O–H groups in total. The molecule has 0 aliphatic rings. The fraction of sp³-hybridized carbons (Fsp3) is 0.967. The molecule has 0 saturated heterocycles. The minimum Gasteiger partial charge on any atom is -0.299 e. The number of rotatable bonds is 26. The van der Waals surface area contributed by atoms with Crippen LogP contribution in [-0.2, 0) is 4.79 Å². The number of hydrogen-bond acceptors (Lipinski definition) is 1. The van der Waals surface area contributed by atoms with Gasteiger partial charge in [-0.3, -0.25) is 4.79 Å². The second-order valence-electron chi connectivity index (χ2n) is 10.5. The van der Waals surface area contributed by atoms with Crippen LogP contribution >= 0.6 is 0 Å². The highest BCUT2D eigenvalue weighted by Gasteiger charge is 2.05. The minimum absolute atomic E-state index is 0.226. The molecule has 186 valence electrons. The Balaban J connectivity index is 3.04. The van der Waals surface area contributed by atoms with Crippen LogP contribution in [0, 0.1) is 5.92 Å². The van der Waals surface area contributed by atoms with Crippen molar-refractivity contribution >= 4 is 5.78 Å². The van der Waals surface area contributed by atoms with E-state index in [1.54, 1.807) is 0 Å². The van der Waals surface area contributed by atoms with Crippen molar-refractivity contribution in [2.24, 2.45) is 5.92 Å². The van der Waals surface area contributed by atoms with E-state index in [1.165, 1.54) is 148 Å². The van der Waals surface area contributed by atoms with Crippen LogP contribution in [0.3, 0.4) is 0 Å². The molecule has 0 radical (unpaired) electrons. The van der Waals surface area contributed by atoms with Gasteiger partial charge in [0.15, 0.2) is 0 Å². The van der Waals surface area contributed by atoms with Gasteiger partial charge in [0.2, 0.25) is 0 Å². The van der Waals surface area contributed by atoms with Gasteiger partial charge in [0.1, 0.15) is 5.78 Å². The van der Waals surface area contributed by atoms with Crippen molar-refractivity contribution in [3.05, 3.63) is 0 Å². The first-order valence-corrected chi connectivity index (χ1v) is 14.7. The maximum absolute atomic E-state index is 11.6. The lowest BCUT2D eigenvalue weighted by Gasteiger charge is -2.05. The monoisotopic (exact) mass is 436 g/mol. The van der Waals surface area contributed by atoms with Gasteiger partial charge in [0.05, 0.1) is 0 Å². The smallest absolute Gasteiger partial charge is 0.135 e. The number of carbonyl (C=O) groups excluding carboxylic acids is 1. The number of Topliss-reactive ketones (excluding diaryl/α,β-unsaturated/α-hetero) is 1. The molecule has 0 fully saturated rings. The summed E-state index contributed by atoms with van der Waals surface area (Å²) in [6.07, 6.45) is 34.9. The quantitative estimate of drug-likeness (QED) is 0.123. The molecule has 0 aromatic carbocycles. The predicted octanol–water partition coefficient (Wildman–Crippen LogP) is 11.0. The van der Waals surface area contributed by atoms with Crippen molar-refractivity contribution in [1.29, 1.82) is 0 Å². The third-order valence-electron chi connectivity index (χ3n) is 6.92. The van der Waals surface area contributed by atoms with Crippen LogP contribution < -0.4 is 0 Å². The van der Waals surface area contributed by atoms with Gasteiger partial charge in [-0.1, -0.05) is 168 Å². The number of ketones is 1. The standard InChI is InChI=1S/C30H60O/c1-4-5-6-7-8-9-10-11-12-13-14-15-16-17-18-19-20-21-22-23-24-25-26-27-28-30(31)29(2)3/h29H,4-28H2,1-3H3. The van der Waals surface area contributed by atoms with Crippen molar-refractivity contribution in [3.63, 3.8) is 0 Å². The average molecular weight is 437 g/mol. The van der Waals surface area contributed by atoms with E-state index in [4.69, 9.17) is 0 Å². The van der Waals surface area contributed by atoms with Crippen LogP contribution in [0.2, 0.25) is 0 Å². The fourth-order valence-electron chi connectivity index (χ4n) is 4.55. The van der Waals surface area contributed by atoms with Crippen molar-refractivity contribution in [2.45, 2.75) is 181 Å². The second kappa shape index (κ2) is 25.9. The SMILES string of the molecule is CCCCCCCCCCCCCCCCCCCCCCCCCCC(=O)C(C)C. The Kier molecular flexibility index (Phi) is 25.7. The van der Waals surface area contributed by atoms with Gasteiger partial charge in [-0.05, 0) is 6.42 Å². The summed E-state index contributed by atoms with van der Waals surface area (Å²) >= 11 is 0. The van der Waals surface area contributed by atoms with Gasteiger partial charge in [-0.2, -0.15) is 0 Å². The summed E-state index contributed by atoms with van der Waals surface area (Å²) in [5.41, 5.74) is 0. The van der Waals surface area contributed by atoms with Crippen molar-refractivity contribution < 1.29 is 4.79 Å². The minimum atomic E-state index is 0.226. The summed E-state index contributed by atoms with van der Waals surface area (Å²) in [6, 6.07) is 0. The van der Waals surface area contributed by atoms with Gasteiger partial charge in [0.25, 0.3) is 0 Å². The first-order valence-electron chi connectivity index (χ1n) is 14.7. The van der Waals surface area contributed by atoms with Gasteiger partial charge in [-0.25, -0.2) is 0 Å². The Morgan fingerprint density at radius 3 is 0.871 bits per heavy atom. The van der Waals surface area contributed by atoms with Crippen LogP contribution in [0.4, 0.5) is 0 Å². The normalized spacial score (nSPS) is 11.5. The van der Waals surface area contributed by atoms with E-state index >= 15 is 0 Å². The van der Waals surface area contributed by atoms with E-state index < -0.39 is 0 Å². The summed E-state index contributed by atoms with van der Waals surface area (Å²) in [5, 5.41) is 0. The van der Waals surface area contributed by atoms with Crippen LogP contribution in [0.1, 0.15) is 181 Å². The highest BCUT2D eigenvalue weighted by molar-refractivity contribution is 5.80. The highest BCUT2D eigenvalue weighted by atomic mass is 16.1. The maximum Gasteiger partial charge on any atom is 0.135 e. The Morgan fingerprint density at radius 1 is 0.419 bits per heavy atom. The maximum atomic E-state index is 11.6. The van der Waals surface area contributed by atoms with Gasteiger partial charge in [0, 0.05) is 12.3 Å². The zero-order valence-electron chi connectivity index (χ0n) is 22.2. The van der Waals surface area contributed by atoms with E-state index in [0.717, 1.165) is 12.8 Å². The summed E-state index contributed by atoms with van der Waals surface area (Å²) in [7, 11) is 0. The van der Waals surface area contributed by atoms with Crippen molar-refractivity contribution in [1.82, 2.24) is 0 Å². The van der Waals surface area contributed by atoms with Gasteiger partial charge >= 0.3 is 0 Å². The zero-order chi connectivity index (χ0) is 22.8. The molecule has 0 aromatic heterocycles. The molecule has 1 heteroatoms. The summed E-state index contributed by atoms with van der Waals surface area (Å²) in [4.78, 5) is 11.6. The van der Waals surface area contributed by atoms with Gasteiger partial charge < -0.3 is 0 Å². The highest BCUT2D eigenvalue weighted by Crippen LogP contribution is 2.16. The first-order chi connectivity index (χ1) is 15.2. The molecule has 0 aliphatic heterocycles. The Labute approximate surface area is 197 Å². The Bertz CT molecular complexity index is 346. The predicted molar refractivity (Wildman–Crippen MR) is 141 cm³/mol. The molecule has 0 aromatic rings. The summed E-state index contributed by atoms with van der Waals surface area (Å²) in [6.45, 7) is 6.33. The molecule has 0 rings (SSSR count). The van der Waals surface area contributed by atoms with Crippen LogP contribution in [-0.4, -0.2) is 5.78 Å². The number of carbonyl (C=O) groups is 1. The lowest BCUT2D eigenvalue weighted by molar-refractivity contribution is -0.122. The summed E-state index contributed by atoms with van der Waals surface area (Å²) < 4.78 is 0. The van der Waals surface area contributed by atoms with Gasteiger partial charge in [-0.15, -0.1) is 0 Å². The average Bonchev–Trinajstić information content (AvgIpc) is 2.76. The van der Waals surface area contributed by atoms with Crippen LogP contribution in [0.15, 0.2) is 0 Å². The van der Waals surface area contributed by atoms with Crippen LogP contribution in [0.25, 0.3) is 0 Å². The number of hydrogen-bond donors (Lipinski definition) is 0. The first kappa shape index (κ1) is 30.7. The molecule has 0 unspecified atom stereocenters. The second-order valence-corrected chi connectivity index (χ2v) is 10.5. The zero-order valence-corrected chi connectivity index (χ0v) is 22.2. The largest absolute Gasteiger partial charge is 0.299 e. The van der Waals surface area contributed by atoms with Crippen molar-refractivity contribution in [2.75, 3.05) is 0 Å². The fourth-order valence-corrected chi connectivity index (χ4v) is 4.55. The van der Waals surface area contributed by atoms with Crippen molar-refractivity contribution in [3.8, 4) is 0 Å². The third-order valence-corrected chi connectivity index (χ3v) is 6.92. The lowest BCUT2D eigenvalue weighted by Crippen LogP contribution is -2.05. The van der Waals surface area contributed by atoms with E-state index in [-0.39, 0.29) is 5.92 Å². The van der Waals surface area contributed by atoms with E-state index in [2.05, 4.69) is 6.92 Å². The molecule has 0 heterocycles. The molecule has 0 saturated carbocycles. The third kappa shape index (κ3) is 25.8. The van der Waals surface area contributed by atoms with Crippen LogP contribution in [0.5, 0.6) is 0 Å². The summed E-state index contributed by atoms with van der Waals surface area (Å²) in [5.74, 6) is 0.670. The molecular formula is C30H60O. The molecule has 0 amide bonds. The molecular weight excluding hydrogens is 376 g/mol. The topological polar surface area (TPSA) is 17.1 Å². The van der Waals surface area contributed by atoms with E-state index in [0.29, 0.717) is 5.78 Å².